The van der Waals surface area contributed by atoms with Crippen molar-refractivity contribution in [2.24, 2.45) is 11.8 Å². The van der Waals surface area contributed by atoms with Crippen molar-refractivity contribution in [1.82, 2.24) is 15.2 Å². The largest absolute Gasteiger partial charge is 0.433 e. The number of amides is 3. The Morgan fingerprint density at radius 1 is 0.949 bits per heavy atom. The van der Waals surface area contributed by atoms with E-state index in [1.54, 1.807) is 6.07 Å². The summed E-state index contributed by atoms with van der Waals surface area (Å²) in [6.07, 6.45) is 3.89. The highest BCUT2D eigenvalue weighted by molar-refractivity contribution is 6.31. The quantitative estimate of drug-likeness (QED) is 0.455. The number of imide groups is 1. The minimum Gasteiger partial charge on any atom is -0.382 e. The number of nitrogens with one attached hydrogen (secondary N) is 2. The summed E-state index contributed by atoms with van der Waals surface area (Å²) in [6, 6.07) is 5.65. The molecule has 2 fully saturated rings. The number of halogens is 4. The summed E-state index contributed by atoms with van der Waals surface area (Å²) < 4.78 is 40.3. The number of fused-ring (bicyclic) bond motifs is 1. The average Bonchev–Trinajstić information content (AvgIpc) is 3.22. The van der Waals surface area contributed by atoms with Gasteiger partial charge in [-0.05, 0) is 81.5 Å². The number of hydrogen-bond donors (Lipinski definition) is 2. The Bertz CT molecular complexity index is 1280. The number of pyridine rings is 1. The van der Waals surface area contributed by atoms with Crippen LogP contribution in [-0.4, -0.2) is 46.2 Å². The topological polar surface area (TPSA) is 91.4 Å². The first-order chi connectivity index (χ1) is 18.6. The molecule has 0 bridgehead atoms. The molecule has 0 radical (unpaired) electrons. The van der Waals surface area contributed by atoms with Crippen molar-refractivity contribution in [1.29, 1.82) is 0 Å². The molecule has 0 unspecified atom stereocenters. The van der Waals surface area contributed by atoms with Gasteiger partial charge in [-0.1, -0.05) is 11.6 Å². The molecule has 39 heavy (non-hydrogen) atoms. The minimum absolute atomic E-state index is 0.0218. The number of benzene rings is 1. The van der Waals surface area contributed by atoms with E-state index in [4.69, 9.17) is 11.6 Å². The lowest BCUT2D eigenvalue weighted by Gasteiger charge is -2.33. The van der Waals surface area contributed by atoms with Gasteiger partial charge < -0.3 is 10.6 Å². The van der Waals surface area contributed by atoms with E-state index in [2.05, 4.69) is 15.6 Å². The van der Waals surface area contributed by atoms with Gasteiger partial charge in [-0.25, -0.2) is 4.98 Å². The van der Waals surface area contributed by atoms with Crippen LogP contribution in [0, 0.1) is 11.8 Å². The van der Waals surface area contributed by atoms with Crippen LogP contribution >= 0.6 is 11.6 Å². The maximum absolute atomic E-state index is 13.4. The van der Waals surface area contributed by atoms with Gasteiger partial charge in [-0.2, -0.15) is 13.2 Å². The predicted octanol–water partition coefficient (Wildman–Crippen LogP) is 5.48. The van der Waals surface area contributed by atoms with Gasteiger partial charge in [0.05, 0.1) is 5.52 Å². The van der Waals surface area contributed by atoms with Gasteiger partial charge in [-0.3, -0.25) is 19.3 Å². The van der Waals surface area contributed by atoms with Crippen LogP contribution in [0.2, 0.25) is 5.02 Å². The van der Waals surface area contributed by atoms with Crippen LogP contribution in [0.1, 0.15) is 57.1 Å². The zero-order valence-electron chi connectivity index (χ0n) is 21.3. The van der Waals surface area contributed by atoms with Gasteiger partial charge in [0.15, 0.2) is 0 Å². The van der Waals surface area contributed by atoms with Crippen molar-refractivity contribution in [3.63, 3.8) is 0 Å². The second-order valence-corrected chi connectivity index (χ2v) is 11.2. The van der Waals surface area contributed by atoms with E-state index >= 15 is 0 Å². The van der Waals surface area contributed by atoms with Crippen LogP contribution in [0.3, 0.4) is 0 Å². The van der Waals surface area contributed by atoms with Crippen molar-refractivity contribution < 1.29 is 27.6 Å². The molecule has 0 spiro atoms. The smallest absolute Gasteiger partial charge is 0.382 e. The van der Waals surface area contributed by atoms with Crippen LogP contribution in [0.15, 0.2) is 36.4 Å². The molecule has 1 aromatic carbocycles. The molecule has 1 aromatic heterocycles. The van der Waals surface area contributed by atoms with Gasteiger partial charge in [0, 0.05) is 52.8 Å². The Hall–Kier alpha value is -3.14. The zero-order valence-corrected chi connectivity index (χ0v) is 22.0. The van der Waals surface area contributed by atoms with Crippen LogP contribution < -0.4 is 10.6 Å². The molecule has 5 rings (SSSR count). The third kappa shape index (κ3) is 6.37. The maximum atomic E-state index is 13.4. The van der Waals surface area contributed by atoms with Crippen molar-refractivity contribution in [3.05, 3.63) is 47.1 Å². The molecule has 2 saturated carbocycles. The fourth-order valence-electron chi connectivity index (χ4n) is 5.86. The second-order valence-electron chi connectivity index (χ2n) is 10.8. The molecule has 3 amide bonds. The summed E-state index contributed by atoms with van der Waals surface area (Å²) in [4.78, 5) is 41.6. The Morgan fingerprint density at radius 3 is 2.23 bits per heavy atom. The van der Waals surface area contributed by atoms with Crippen LogP contribution in [-0.2, 0) is 20.6 Å². The number of carbonyl (C=O) groups excluding carboxylic acids is 3. The number of carbonyl (C=O) groups is 3. The number of rotatable bonds is 6. The summed E-state index contributed by atoms with van der Waals surface area (Å²) in [5, 5.41) is 7.40. The summed E-state index contributed by atoms with van der Waals surface area (Å²) in [5.74, 6) is -0.392. The molecule has 1 aliphatic heterocycles. The van der Waals surface area contributed by atoms with E-state index in [9.17, 15) is 27.6 Å². The normalized spacial score (nSPS) is 25.8. The SMILES string of the molecule is O=C1C=CC(=O)N1C[C@H]1CC[C@H](C(=O)N[C@H]2CC[C@@H](Nc3cc(C(F)(F)F)nc4ccc(Cl)cc34)CC2)CC1. The number of aromatic nitrogens is 1. The van der Waals surface area contributed by atoms with Crippen molar-refractivity contribution >= 4 is 45.9 Å². The van der Waals surface area contributed by atoms with Crippen molar-refractivity contribution in [2.45, 2.75) is 69.6 Å². The summed E-state index contributed by atoms with van der Waals surface area (Å²) in [5.41, 5.74) is -0.374. The Kier molecular flexibility index (Phi) is 7.84. The molecule has 0 atom stereocenters. The second kappa shape index (κ2) is 11.2. The Labute approximate surface area is 229 Å². The van der Waals surface area contributed by atoms with Crippen LogP contribution in [0.5, 0.6) is 0 Å². The van der Waals surface area contributed by atoms with Gasteiger partial charge in [0.2, 0.25) is 5.91 Å². The number of nitrogens with zero attached hydrogens (tertiary/aromatic N) is 2. The van der Waals surface area contributed by atoms with E-state index in [-0.39, 0.29) is 47.2 Å². The molecule has 2 aromatic rings. The lowest BCUT2D eigenvalue weighted by molar-refractivity contribution is -0.141. The number of anilines is 1. The lowest BCUT2D eigenvalue weighted by Crippen LogP contribution is -2.44. The Morgan fingerprint density at radius 2 is 1.59 bits per heavy atom. The molecule has 11 heteroatoms. The van der Waals surface area contributed by atoms with E-state index in [1.807, 2.05) is 0 Å². The third-order valence-corrected chi connectivity index (χ3v) is 8.29. The fourth-order valence-corrected chi connectivity index (χ4v) is 6.03. The molecular formula is C28H30ClF3N4O3. The molecule has 2 heterocycles. The first-order valence-corrected chi connectivity index (χ1v) is 13.7. The average molecular weight is 563 g/mol. The zero-order chi connectivity index (χ0) is 27.7. The molecule has 0 saturated heterocycles. The standard InChI is InChI=1S/C28H30ClF3N4O3/c29-18-5-10-22-21(13-18)23(14-24(35-22)28(30,31)32)33-19-6-8-20(9-7-19)34-27(39)17-3-1-16(2-4-17)15-36-25(37)11-12-26(36)38/h5,10-14,16-17,19-20H,1-4,6-9,15H2,(H,33,35)(H,34,39)/t16-,17-,19-,20+. The third-order valence-electron chi connectivity index (χ3n) is 8.05. The van der Waals surface area contributed by atoms with Gasteiger partial charge in [0.1, 0.15) is 5.69 Å². The van der Waals surface area contributed by atoms with Gasteiger partial charge in [0.25, 0.3) is 11.8 Å². The molecule has 7 nitrogen and oxygen atoms in total. The van der Waals surface area contributed by atoms with Crippen LogP contribution in [0.4, 0.5) is 18.9 Å². The Balaban J connectivity index is 1.12. The van der Waals surface area contributed by atoms with E-state index in [1.165, 1.54) is 29.2 Å². The lowest BCUT2D eigenvalue weighted by atomic mass is 9.81. The highest BCUT2D eigenvalue weighted by Crippen LogP contribution is 2.36. The molecule has 208 valence electrons. The monoisotopic (exact) mass is 562 g/mol. The predicted molar refractivity (Wildman–Crippen MR) is 141 cm³/mol. The van der Waals surface area contributed by atoms with Crippen molar-refractivity contribution in [2.75, 3.05) is 11.9 Å². The highest BCUT2D eigenvalue weighted by Gasteiger charge is 2.35. The molecular weight excluding hydrogens is 533 g/mol. The van der Waals surface area contributed by atoms with E-state index in [0.29, 0.717) is 35.5 Å². The van der Waals surface area contributed by atoms with E-state index < -0.39 is 11.9 Å². The first-order valence-electron chi connectivity index (χ1n) is 13.3. The maximum Gasteiger partial charge on any atom is 0.433 e. The first kappa shape index (κ1) is 27.4. The van der Waals surface area contributed by atoms with Gasteiger partial charge in [-0.15, -0.1) is 0 Å². The van der Waals surface area contributed by atoms with Crippen LogP contribution in [0.25, 0.3) is 10.9 Å². The summed E-state index contributed by atoms with van der Waals surface area (Å²) in [7, 11) is 0. The summed E-state index contributed by atoms with van der Waals surface area (Å²) >= 11 is 6.10. The molecule has 2 N–H and O–H groups in total. The minimum atomic E-state index is -4.56. The van der Waals surface area contributed by atoms with Crippen molar-refractivity contribution in [3.8, 4) is 0 Å². The van der Waals surface area contributed by atoms with Gasteiger partial charge >= 0.3 is 6.18 Å². The number of hydrogen-bond acceptors (Lipinski definition) is 5. The molecule has 3 aliphatic rings. The summed E-state index contributed by atoms with van der Waals surface area (Å²) in [6.45, 7) is 0.402. The number of alkyl halides is 3. The highest BCUT2D eigenvalue weighted by atomic mass is 35.5. The van der Waals surface area contributed by atoms with E-state index in [0.717, 1.165) is 44.6 Å². The fraction of sp³-hybridized carbons (Fsp3) is 0.500. The molecule has 2 aliphatic carbocycles.